The lowest BCUT2D eigenvalue weighted by molar-refractivity contribution is -0.394. The number of nitrogens with one attached hydrogen (secondary N) is 1. The molecule has 1 aromatic heterocycles. The average molecular weight is 442 g/mol. The number of benzene rings is 2. The highest BCUT2D eigenvalue weighted by Gasteiger charge is 2.32. The number of para-hydroxylation sites is 1. The first-order chi connectivity index (χ1) is 14.9. The summed E-state index contributed by atoms with van der Waals surface area (Å²) in [6, 6.07) is 8.69. The minimum Gasteiger partial charge on any atom is -0.502 e. The van der Waals surface area contributed by atoms with Crippen LogP contribution in [0.25, 0.3) is 11.3 Å². The molecule has 0 spiro atoms. The van der Waals surface area contributed by atoms with Gasteiger partial charge in [0.1, 0.15) is 0 Å². The molecule has 2 aromatic carbocycles. The molecule has 1 aliphatic rings. The van der Waals surface area contributed by atoms with Crippen LogP contribution in [0.5, 0.6) is 11.6 Å². The number of hydrogen-bond donors (Lipinski definition) is 2. The van der Waals surface area contributed by atoms with Gasteiger partial charge in [0.05, 0.1) is 21.5 Å². The number of phenolic OH excluding ortho intramolecular Hbond substituents is 1. The van der Waals surface area contributed by atoms with Gasteiger partial charge in [-0.25, -0.2) is 0 Å². The van der Waals surface area contributed by atoms with Crippen molar-refractivity contribution < 1.29 is 19.7 Å². The third-order valence-electron chi connectivity index (χ3n) is 4.40. The number of nitro benzene ring substituents is 2. The third kappa shape index (κ3) is 3.77. The molecule has 0 aliphatic carbocycles. The van der Waals surface area contributed by atoms with Crippen LogP contribution >= 0.6 is 11.8 Å². The van der Waals surface area contributed by atoms with E-state index in [0.29, 0.717) is 33.9 Å². The molecule has 0 saturated carbocycles. The number of nitrogens with zero attached hydrogens (tertiary/aromatic N) is 5. The number of thioether (sulfide) groups is 1. The summed E-state index contributed by atoms with van der Waals surface area (Å²) in [6.45, 7) is 1.92. The number of non-ortho nitro benzene ring substituents is 1. The second-order valence-corrected chi connectivity index (χ2v) is 7.52. The topological polar surface area (TPSA) is 166 Å². The van der Waals surface area contributed by atoms with Crippen LogP contribution in [0.2, 0.25) is 0 Å². The largest absolute Gasteiger partial charge is 0.502 e. The lowest BCUT2D eigenvalue weighted by atomic mass is 10.1. The van der Waals surface area contributed by atoms with E-state index in [-0.39, 0.29) is 11.4 Å². The Morgan fingerprint density at radius 1 is 1.19 bits per heavy atom. The van der Waals surface area contributed by atoms with Gasteiger partial charge in [0.25, 0.3) is 5.69 Å². The number of phenols is 1. The minimum atomic E-state index is -1.22. The number of anilines is 1. The summed E-state index contributed by atoms with van der Waals surface area (Å²) in [5.74, 6) is 0.0116. The van der Waals surface area contributed by atoms with Crippen molar-refractivity contribution in [2.75, 3.05) is 11.1 Å². The number of aromatic nitrogens is 3. The summed E-state index contributed by atoms with van der Waals surface area (Å²) in [5.41, 5.74) is -0.113. The molecule has 2 heterocycles. The second-order valence-electron chi connectivity index (χ2n) is 6.29. The fraction of sp³-hybridized carbons (Fsp3) is 0.167. The van der Waals surface area contributed by atoms with Crippen molar-refractivity contribution in [3.05, 3.63) is 62.2 Å². The van der Waals surface area contributed by atoms with Gasteiger partial charge in [0.15, 0.2) is 5.69 Å². The molecular formula is C18H14N6O6S. The molecule has 0 radical (unpaired) electrons. The highest BCUT2D eigenvalue weighted by Crippen LogP contribution is 2.44. The van der Waals surface area contributed by atoms with Crippen molar-refractivity contribution in [3.63, 3.8) is 0 Å². The van der Waals surface area contributed by atoms with Crippen molar-refractivity contribution in [3.8, 4) is 22.9 Å². The first-order valence-electron chi connectivity index (χ1n) is 8.94. The molecule has 0 saturated heterocycles. The van der Waals surface area contributed by atoms with Crippen LogP contribution in [0.4, 0.5) is 17.1 Å². The minimum absolute atomic E-state index is 0.0713. The van der Waals surface area contributed by atoms with Crippen LogP contribution in [0.15, 0.2) is 41.6 Å². The van der Waals surface area contributed by atoms with Gasteiger partial charge in [-0.1, -0.05) is 36.9 Å². The summed E-state index contributed by atoms with van der Waals surface area (Å²) in [4.78, 5) is 25.3. The van der Waals surface area contributed by atoms with Crippen LogP contribution in [0.1, 0.15) is 18.7 Å². The first kappa shape index (κ1) is 20.3. The molecule has 4 rings (SSSR count). The Hall–Kier alpha value is -4.00. The zero-order valence-corrected chi connectivity index (χ0v) is 16.7. The molecule has 31 heavy (non-hydrogen) atoms. The number of rotatable bonds is 5. The van der Waals surface area contributed by atoms with E-state index >= 15 is 0 Å². The second kappa shape index (κ2) is 8.02. The normalized spacial score (nSPS) is 14.4. The molecule has 3 aromatic rings. The van der Waals surface area contributed by atoms with Crippen molar-refractivity contribution >= 4 is 28.8 Å². The standard InChI is InChI=1S/C18H14N6O6S/c1-2-31-18-20-17-14(21-22-18)10-5-3-4-6-12(10)19-16(30-17)11-7-9(23(26)27)8-13(15(11)25)24(28)29/h3-8,16,19,25H,2H2,1H3/t16-/m0/s1. The molecule has 12 nitrogen and oxygen atoms in total. The predicted octanol–water partition coefficient (Wildman–Crippen LogP) is 3.68. The molecule has 1 aliphatic heterocycles. The Kier molecular flexibility index (Phi) is 5.25. The highest BCUT2D eigenvalue weighted by atomic mass is 32.2. The van der Waals surface area contributed by atoms with Gasteiger partial charge >= 0.3 is 5.69 Å². The zero-order valence-electron chi connectivity index (χ0n) is 15.9. The van der Waals surface area contributed by atoms with Crippen LogP contribution in [-0.4, -0.2) is 35.9 Å². The van der Waals surface area contributed by atoms with Crippen LogP contribution in [0, 0.1) is 20.2 Å². The van der Waals surface area contributed by atoms with Gasteiger partial charge in [-0.05, 0) is 11.8 Å². The smallest absolute Gasteiger partial charge is 0.318 e. The van der Waals surface area contributed by atoms with Gasteiger partial charge in [0.2, 0.25) is 23.0 Å². The number of hydrogen-bond acceptors (Lipinski definition) is 11. The van der Waals surface area contributed by atoms with Gasteiger partial charge < -0.3 is 15.2 Å². The summed E-state index contributed by atoms with van der Waals surface area (Å²) in [6.07, 6.45) is -1.22. The Morgan fingerprint density at radius 2 is 1.97 bits per heavy atom. The van der Waals surface area contributed by atoms with Crippen molar-refractivity contribution in [2.24, 2.45) is 0 Å². The van der Waals surface area contributed by atoms with Crippen LogP contribution < -0.4 is 10.1 Å². The third-order valence-corrected chi connectivity index (χ3v) is 5.12. The van der Waals surface area contributed by atoms with E-state index in [9.17, 15) is 25.3 Å². The molecule has 158 valence electrons. The fourth-order valence-corrected chi connectivity index (χ4v) is 3.55. The van der Waals surface area contributed by atoms with E-state index in [2.05, 4.69) is 20.5 Å². The predicted molar refractivity (Wildman–Crippen MR) is 110 cm³/mol. The number of nitro groups is 2. The Bertz CT molecular complexity index is 1210. The highest BCUT2D eigenvalue weighted by molar-refractivity contribution is 7.99. The number of fused-ring (bicyclic) bond motifs is 3. The van der Waals surface area contributed by atoms with Crippen molar-refractivity contribution in [2.45, 2.75) is 18.3 Å². The molecule has 2 N–H and O–H groups in total. The molecule has 13 heteroatoms. The van der Waals surface area contributed by atoms with Gasteiger partial charge in [-0.3, -0.25) is 20.2 Å². The Balaban J connectivity index is 1.91. The van der Waals surface area contributed by atoms with Crippen molar-refractivity contribution in [1.82, 2.24) is 15.2 Å². The monoisotopic (exact) mass is 442 g/mol. The Labute approximate surface area is 178 Å². The van der Waals surface area contributed by atoms with Crippen LogP contribution in [-0.2, 0) is 0 Å². The van der Waals surface area contributed by atoms with Gasteiger partial charge in [0, 0.05) is 17.3 Å². The van der Waals surface area contributed by atoms with E-state index in [1.165, 1.54) is 11.8 Å². The van der Waals surface area contributed by atoms with E-state index in [1.54, 1.807) is 24.3 Å². The summed E-state index contributed by atoms with van der Waals surface area (Å²) in [7, 11) is 0. The van der Waals surface area contributed by atoms with Gasteiger partial charge in [-0.15, -0.1) is 10.2 Å². The summed E-state index contributed by atoms with van der Waals surface area (Å²) >= 11 is 1.34. The van der Waals surface area contributed by atoms with E-state index < -0.39 is 33.2 Å². The van der Waals surface area contributed by atoms with Crippen molar-refractivity contribution in [1.29, 1.82) is 0 Å². The number of aromatic hydroxyl groups is 1. The fourth-order valence-electron chi connectivity index (χ4n) is 3.05. The lowest BCUT2D eigenvalue weighted by Gasteiger charge is -2.20. The van der Waals surface area contributed by atoms with E-state index in [0.717, 1.165) is 6.07 Å². The Morgan fingerprint density at radius 3 is 2.68 bits per heavy atom. The average Bonchev–Trinajstić information content (AvgIpc) is 2.90. The molecule has 1 atom stereocenters. The first-order valence-corrected chi connectivity index (χ1v) is 9.93. The van der Waals surface area contributed by atoms with Crippen LogP contribution in [0.3, 0.4) is 0 Å². The zero-order chi connectivity index (χ0) is 22.1. The maximum absolute atomic E-state index is 11.3. The molecule has 0 fully saturated rings. The van der Waals surface area contributed by atoms with E-state index in [4.69, 9.17) is 4.74 Å². The maximum Gasteiger partial charge on any atom is 0.318 e. The molecule has 0 bridgehead atoms. The SMILES string of the molecule is CCSc1nnc2c(n1)O[C@@H](c1cc([N+](=O)[O-])cc([N+](=O)[O-])c1O)Nc1ccccc1-2. The molecule has 0 unspecified atom stereocenters. The van der Waals surface area contributed by atoms with E-state index in [1.807, 2.05) is 6.92 Å². The molecular weight excluding hydrogens is 428 g/mol. The summed E-state index contributed by atoms with van der Waals surface area (Å²) < 4.78 is 5.92. The summed E-state index contributed by atoms with van der Waals surface area (Å²) in [5, 5.41) is 44.8. The quantitative estimate of drug-likeness (QED) is 0.336. The molecule has 0 amide bonds. The maximum atomic E-state index is 11.3. The van der Waals surface area contributed by atoms with Gasteiger partial charge in [-0.2, -0.15) is 4.98 Å². The lowest BCUT2D eigenvalue weighted by Crippen LogP contribution is -2.18. The number of ether oxygens (including phenoxy) is 1.